The van der Waals surface area contributed by atoms with Gasteiger partial charge in [0.05, 0.1) is 0 Å². The summed E-state index contributed by atoms with van der Waals surface area (Å²) >= 11 is 0. The predicted octanol–water partition coefficient (Wildman–Crippen LogP) is 11.3. The lowest BCUT2D eigenvalue weighted by Gasteiger charge is -2.19. The Morgan fingerprint density at radius 2 is 0.725 bits per heavy atom. The molecule has 40 heavy (non-hydrogen) atoms. The maximum atomic E-state index is 2.35. The Morgan fingerprint density at radius 1 is 0.275 bits per heavy atom. The van der Waals surface area contributed by atoms with Gasteiger partial charge < -0.3 is 0 Å². The molecule has 0 spiro atoms. The van der Waals surface area contributed by atoms with E-state index in [2.05, 4.69) is 158 Å². The molecule has 0 aliphatic heterocycles. The molecule has 0 saturated carbocycles. The van der Waals surface area contributed by atoms with Crippen LogP contribution < -0.4 is 0 Å². The van der Waals surface area contributed by atoms with E-state index in [1.807, 2.05) is 0 Å². The highest BCUT2D eigenvalue weighted by atomic mass is 14.2. The van der Waals surface area contributed by atoms with Gasteiger partial charge in [0.1, 0.15) is 0 Å². The standard InChI is InChI=1S/C40H26/c1-2-11-27(12-3-1)28-21-23-29(24-22-28)34-20-10-16-33-26-32-15-6-9-19-37(32)40(38(33)34)39-35-17-7-4-13-30(35)25-31-14-5-8-18-36(31)39/h1-26H. The number of hydrogen-bond donors (Lipinski definition) is 0. The summed E-state index contributed by atoms with van der Waals surface area (Å²) in [7, 11) is 0. The van der Waals surface area contributed by atoms with Gasteiger partial charge in [0.25, 0.3) is 0 Å². The molecule has 8 rings (SSSR count). The van der Waals surface area contributed by atoms with Gasteiger partial charge in [-0.2, -0.15) is 0 Å². The maximum absolute atomic E-state index is 2.35. The zero-order chi connectivity index (χ0) is 26.5. The molecule has 186 valence electrons. The zero-order valence-electron chi connectivity index (χ0n) is 22.0. The van der Waals surface area contributed by atoms with Crippen LogP contribution in [0, 0.1) is 0 Å². The summed E-state index contributed by atoms with van der Waals surface area (Å²) in [6.07, 6.45) is 0. The van der Waals surface area contributed by atoms with Gasteiger partial charge in [0.15, 0.2) is 0 Å². The van der Waals surface area contributed by atoms with Crippen molar-refractivity contribution in [3.05, 3.63) is 158 Å². The third kappa shape index (κ3) is 3.61. The van der Waals surface area contributed by atoms with E-state index in [-0.39, 0.29) is 0 Å². The lowest BCUT2D eigenvalue weighted by atomic mass is 9.83. The molecule has 0 heterocycles. The summed E-state index contributed by atoms with van der Waals surface area (Å²) in [5.74, 6) is 0. The Hall–Kier alpha value is -5.20. The molecule has 0 aromatic heterocycles. The van der Waals surface area contributed by atoms with Crippen LogP contribution in [0.1, 0.15) is 0 Å². The van der Waals surface area contributed by atoms with Gasteiger partial charge in [0, 0.05) is 0 Å². The van der Waals surface area contributed by atoms with Crippen LogP contribution in [-0.4, -0.2) is 0 Å². The lowest BCUT2D eigenvalue weighted by molar-refractivity contribution is 1.60. The first kappa shape index (κ1) is 22.8. The zero-order valence-corrected chi connectivity index (χ0v) is 22.0. The van der Waals surface area contributed by atoms with Crippen LogP contribution in [0.5, 0.6) is 0 Å². The Morgan fingerprint density at radius 3 is 1.35 bits per heavy atom. The fourth-order valence-electron chi connectivity index (χ4n) is 6.38. The first-order chi connectivity index (χ1) is 19.8. The summed E-state index contributed by atoms with van der Waals surface area (Å²) in [5, 5.41) is 10.2. The minimum atomic E-state index is 1.23. The van der Waals surface area contributed by atoms with Crippen LogP contribution in [0.15, 0.2) is 158 Å². The van der Waals surface area contributed by atoms with Gasteiger partial charge in [-0.15, -0.1) is 0 Å². The predicted molar refractivity (Wildman–Crippen MR) is 173 cm³/mol. The smallest absolute Gasteiger partial charge is 0.000808 e. The second kappa shape index (κ2) is 9.22. The van der Waals surface area contributed by atoms with Crippen LogP contribution in [0.25, 0.3) is 76.5 Å². The van der Waals surface area contributed by atoms with Crippen LogP contribution >= 0.6 is 0 Å². The van der Waals surface area contributed by atoms with Crippen molar-refractivity contribution in [3.8, 4) is 33.4 Å². The first-order valence-corrected chi connectivity index (χ1v) is 13.9. The summed E-state index contributed by atoms with van der Waals surface area (Å²) in [6, 6.07) is 57.6. The molecule has 0 unspecified atom stereocenters. The molecular weight excluding hydrogens is 480 g/mol. The van der Waals surface area contributed by atoms with Gasteiger partial charge in [-0.1, -0.05) is 146 Å². The molecule has 0 N–H and O–H groups in total. The summed E-state index contributed by atoms with van der Waals surface area (Å²) in [6.45, 7) is 0. The average molecular weight is 507 g/mol. The normalized spacial score (nSPS) is 11.5. The second-order valence-electron chi connectivity index (χ2n) is 10.5. The van der Waals surface area contributed by atoms with Crippen LogP contribution in [0.2, 0.25) is 0 Å². The van der Waals surface area contributed by atoms with Gasteiger partial charge in [-0.25, -0.2) is 0 Å². The van der Waals surface area contributed by atoms with Gasteiger partial charge in [0.2, 0.25) is 0 Å². The van der Waals surface area contributed by atoms with Crippen LogP contribution in [0.4, 0.5) is 0 Å². The maximum Gasteiger partial charge on any atom is -0.000808 e. The Balaban J connectivity index is 1.50. The summed E-state index contributed by atoms with van der Waals surface area (Å²) < 4.78 is 0. The summed E-state index contributed by atoms with van der Waals surface area (Å²) in [4.78, 5) is 0. The molecule has 0 amide bonds. The van der Waals surface area contributed by atoms with E-state index in [1.165, 1.54) is 76.5 Å². The van der Waals surface area contributed by atoms with Gasteiger partial charge in [-0.05, 0) is 88.6 Å². The fourth-order valence-corrected chi connectivity index (χ4v) is 6.38. The SMILES string of the molecule is c1ccc(-c2ccc(-c3cccc4cc5ccccc5c(-c5c6ccccc6cc6ccccc56)c34)cc2)cc1. The number of hydrogen-bond acceptors (Lipinski definition) is 0. The van der Waals surface area contributed by atoms with E-state index in [1.54, 1.807) is 0 Å². The highest BCUT2D eigenvalue weighted by Crippen LogP contribution is 2.46. The minimum absolute atomic E-state index is 1.23. The van der Waals surface area contributed by atoms with E-state index in [0.29, 0.717) is 0 Å². The minimum Gasteiger partial charge on any atom is -0.0622 e. The Bertz CT molecular complexity index is 2130. The molecule has 0 bridgehead atoms. The van der Waals surface area contributed by atoms with Crippen molar-refractivity contribution in [1.29, 1.82) is 0 Å². The number of benzene rings is 8. The topological polar surface area (TPSA) is 0 Å². The number of fused-ring (bicyclic) bond motifs is 4. The van der Waals surface area contributed by atoms with Gasteiger partial charge >= 0.3 is 0 Å². The van der Waals surface area contributed by atoms with Crippen LogP contribution in [0.3, 0.4) is 0 Å². The van der Waals surface area contributed by atoms with Crippen LogP contribution in [-0.2, 0) is 0 Å². The molecule has 0 aliphatic rings. The van der Waals surface area contributed by atoms with Crippen molar-refractivity contribution in [2.75, 3.05) is 0 Å². The third-order valence-corrected chi connectivity index (χ3v) is 8.21. The van der Waals surface area contributed by atoms with E-state index in [9.17, 15) is 0 Å². The van der Waals surface area contributed by atoms with E-state index < -0.39 is 0 Å². The molecule has 0 saturated heterocycles. The monoisotopic (exact) mass is 506 g/mol. The third-order valence-electron chi connectivity index (χ3n) is 8.21. The second-order valence-corrected chi connectivity index (χ2v) is 10.5. The largest absolute Gasteiger partial charge is 0.0622 e. The molecule has 0 atom stereocenters. The van der Waals surface area contributed by atoms with E-state index in [4.69, 9.17) is 0 Å². The van der Waals surface area contributed by atoms with Gasteiger partial charge in [-0.3, -0.25) is 0 Å². The highest BCUT2D eigenvalue weighted by molar-refractivity contribution is 6.25. The fraction of sp³-hybridized carbons (Fsp3) is 0. The molecular formula is C40H26. The van der Waals surface area contributed by atoms with E-state index in [0.717, 1.165) is 0 Å². The molecule has 0 radical (unpaired) electrons. The van der Waals surface area contributed by atoms with Crippen molar-refractivity contribution >= 4 is 43.1 Å². The van der Waals surface area contributed by atoms with E-state index >= 15 is 0 Å². The molecule has 0 heteroatoms. The molecule has 0 aliphatic carbocycles. The van der Waals surface area contributed by atoms with Crippen molar-refractivity contribution in [1.82, 2.24) is 0 Å². The first-order valence-electron chi connectivity index (χ1n) is 13.9. The van der Waals surface area contributed by atoms with Crippen molar-refractivity contribution in [3.63, 3.8) is 0 Å². The molecule has 0 nitrogen and oxygen atoms in total. The lowest BCUT2D eigenvalue weighted by Crippen LogP contribution is -1.92. The highest BCUT2D eigenvalue weighted by Gasteiger charge is 2.18. The van der Waals surface area contributed by atoms with Crippen molar-refractivity contribution in [2.45, 2.75) is 0 Å². The molecule has 8 aromatic rings. The summed E-state index contributed by atoms with van der Waals surface area (Å²) in [5.41, 5.74) is 7.57. The quantitative estimate of drug-likeness (QED) is 0.209. The van der Waals surface area contributed by atoms with Crippen molar-refractivity contribution in [2.24, 2.45) is 0 Å². The Labute approximate surface area is 233 Å². The average Bonchev–Trinajstić information content (AvgIpc) is 3.03. The number of rotatable bonds is 3. The van der Waals surface area contributed by atoms with Crippen molar-refractivity contribution < 1.29 is 0 Å². The Kier molecular flexibility index (Phi) is 5.24. The molecule has 0 fully saturated rings. The molecule has 8 aromatic carbocycles.